The van der Waals surface area contributed by atoms with Crippen molar-refractivity contribution in [3.05, 3.63) is 29.8 Å². The summed E-state index contributed by atoms with van der Waals surface area (Å²) in [5, 5.41) is 9.54. The third-order valence-electron chi connectivity index (χ3n) is 6.59. The number of ether oxygens (including phenoxy) is 1. The van der Waals surface area contributed by atoms with Crippen LogP contribution in [0.1, 0.15) is 140 Å². The summed E-state index contributed by atoms with van der Waals surface area (Å²) < 4.78 is 6.15. The second-order valence-electron chi connectivity index (χ2n) is 9.51. The maximum atomic E-state index is 12.9. The van der Waals surface area contributed by atoms with Crippen molar-refractivity contribution in [2.24, 2.45) is 5.92 Å². The zero-order chi connectivity index (χ0) is 23.4. The van der Waals surface area contributed by atoms with Gasteiger partial charge in [-0.15, -0.1) is 0 Å². The van der Waals surface area contributed by atoms with Gasteiger partial charge in [-0.1, -0.05) is 104 Å². The first-order valence-electron chi connectivity index (χ1n) is 13.6. The van der Waals surface area contributed by atoms with Crippen molar-refractivity contribution in [2.75, 3.05) is 0 Å². The van der Waals surface area contributed by atoms with Crippen LogP contribution in [0.25, 0.3) is 0 Å². The molecule has 1 aromatic rings. The number of unbranched alkanes of at least 4 members (excludes halogenated alkanes) is 11. The van der Waals surface area contributed by atoms with Gasteiger partial charge in [0.1, 0.15) is 11.9 Å². The van der Waals surface area contributed by atoms with Gasteiger partial charge in [0.25, 0.3) is 0 Å². The first kappa shape index (κ1) is 28.5. The average molecular weight is 447 g/mol. The van der Waals surface area contributed by atoms with Crippen LogP contribution in [0.15, 0.2) is 24.3 Å². The Morgan fingerprint density at radius 1 is 0.688 bits per heavy atom. The normalized spacial score (nSPS) is 13.1. The largest absolute Gasteiger partial charge is 0.508 e. The van der Waals surface area contributed by atoms with Gasteiger partial charge in [-0.2, -0.15) is 0 Å². The van der Waals surface area contributed by atoms with E-state index in [2.05, 4.69) is 20.8 Å². The van der Waals surface area contributed by atoms with E-state index in [0.29, 0.717) is 11.5 Å². The SMILES string of the molecule is CCCCCCCCC(CCCCCC)C(CCCCCC)OC(=O)c1ccc(O)cc1. The van der Waals surface area contributed by atoms with E-state index in [1.165, 1.54) is 89.9 Å². The van der Waals surface area contributed by atoms with Crippen molar-refractivity contribution in [3.8, 4) is 5.75 Å². The van der Waals surface area contributed by atoms with Gasteiger partial charge >= 0.3 is 5.97 Å². The van der Waals surface area contributed by atoms with Gasteiger partial charge in [0, 0.05) is 0 Å². The summed E-state index contributed by atoms with van der Waals surface area (Å²) in [5.74, 6) is 0.391. The number of carbonyl (C=O) groups is 1. The summed E-state index contributed by atoms with van der Waals surface area (Å²) in [6.07, 6.45) is 21.0. The average Bonchev–Trinajstić information content (AvgIpc) is 2.80. The van der Waals surface area contributed by atoms with Crippen LogP contribution >= 0.6 is 0 Å². The highest BCUT2D eigenvalue weighted by molar-refractivity contribution is 5.89. The molecule has 1 rings (SSSR count). The molecule has 1 N–H and O–H groups in total. The lowest BCUT2D eigenvalue weighted by Crippen LogP contribution is -2.27. The van der Waals surface area contributed by atoms with E-state index >= 15 is 0 Å². The molecule has 32 heavy (non-hydrogen) atoms. The van der Waals surface area contributed by atoms with E-state index in [1.54, 1.807) is 24.3 Å². The summed E-state index contributed by atoms with van der Waals surface area (Å²) >= 11 is 0. The Labute approximate surface area is 198 Å². The number of phenols is 1. The molecule has 0 aliphatic heterocycles. The fourth-order valence-electron chi connectivity index (χ4n) is 4.50. The highest BCUT2D eigenvalue weighted by atomic mass is 16.5. The molecule has 0 aromatic heterocycles. The Bertz CT molecular complexity index is 566. The number of esters is 1. The molecule has 2 unspecified atom stereocenters. The second-order valence-corrected chi connectivity index (χ2v) is 9.51. The Kier molecular flexibility index (Phi) is 16.9. The number of carbonyl (C=O) groups excluding carboxylic acids is 1. The van der Waals surface area contributed by atoms with E-state index < -0.39 is 0 Å². The molecule has 3 nitrogen and oxygen atoms in total. The molecule has 0 aliphatic carbocycles. The Hall–Kier alpha value is -1.51. The molecule has 0 radical (unpaired) electrons. The maximum Gasteiger partial charge on any atom is 0.338 e. The zero-order valence-electron chi connectivity index (χ0n) is 21.2. The van der Waals surface area contributed by atoms with E-state index in [1.807, 2.05) is 0 Å². The lowest BCUT2D eigenvalue weighted by Gasteiger charge is -2.28. The Balaban J connectivity index is 2.77. The lowest BCUT2D eigenvalue weighted by atomic mass is 9.87. The molecule has 184 valence electrons. The van der Waals surface area contributed by atoms with Crippen molar-refractivity contribution >= 4 is 5.97 Å². The van der Waals surface area contributed by atoms with Crippen LogP contribution in [0.5, 0.6) is 5.75 Å². The van der Waals surface area contributed by atoms with Gasteiger partial charge in [-0.25, -0.2) is 4.79 Å². The van der Waals surface area contributed by atoms with Crippen LogP contribution in [-0.2, 0) is 4.74 Å². The van der Waals surface area contributed by atoms with Gasteiger partial charge in [-0.05, 0) is 55.9 Å². The predicted octanol–water partition coefficient (Wildman–Crippen LogP) is 9.23. The summed E-state index contributed by atoms with van der Waals surface area (Å²) in [6, 6.07) is 6.45. The third-order valence-corrected chi connectivity index (χ3v) is 6.59. The van der Waals surface area contributed by atoms with Crippen LogP contribution in [0, 0.1) is 5.92 Å². The topological polar surface area (TPSA) is 46.5 Å². The van der Waals surface area contributed by atoms with Gasteiger partial charge in [0.15, 0.2) is 0 Å². The molecular weight excluding hydrogens is 396 g/mol. The number of hydrogen-bond donors (Lipinski definition) is 1. The molecular formula is C29H50O3. The summed E-state index contributed by atoms with van der Waals surface area (Å²) in [5.41, 5.74) is 0.533. The van der Waals surface area contributed by atoms with E-state index in [9.17, 15) is 9.90 Å². The quantitative estimate of drug-likeness (QED) is 0.160. The summed E-state index contributed by atoms with van der Waals surface area (Å²) in [7, 11) is 0. The van der Waals surface area contributed by atoms with Gasteiger partial charge in [-0.3, -0.25) is 0 Å². The lowest BCUT2D eigenvalue weighted by molar-refractivity contribution is 0.00646. The predicted molar refractivity (Wildman–Crippen MR) is 136 cm³/mol. The molecule has 0 fully saturated rings. The molecule has 0 bridgehead atoms. The van der Waals surface area contributed by atoms with E-state index in [0.717, 1.165) is 19.3 Å². The van der Waals surface area contributed by atoms with Crippen LogP contribution in [-0.4, -0.2) is 17.2 Å². The molecule has 0 saturated carbocycles. The minimum atomic E-state index is -0.244. The number of benzene rings is 1. The van der Waals surface area contributed by atoms with Crippen LogP contribution in [0.4, 0.5) is 0 Å². The van der Waals surface area contributed by atoms with Gasteiger partial charge < -0.3 is 9.84 Å². The number of hydrogen-bond acceptors (Lipinski definition) is 3. The van der Waals surface area contributed by atoms with Crippen LogP contribution < -0.4 is 0 Å². The smallest absolute Gasteiger partial charge is 0.338 e. The molecule has 0 saturated heterocycles. The molecule has 2 atom stereocenters. The van der Waals surface area contributed by atoms with Crippen molar-refractivity contribution in [2.45, 2.75) is 136 Å². The fourth-order valence-corrected chi connectivity index (χ4v) is 4.50. The molecule has 0 spiro atoms. The van der Waals surface area contributed by atoms with Gasteiger partial charge in [0.2, 0.25) is 0 Å². The van der Waals surface area contributed by atoms with Crippen molar-refractivity contribution in [1.82, 2.24) is 0 Å². The number of rotatable bonds is 20. The van der Waals surface area contributed by atoms with Crippen molar-refractivity contribution in [3.63, 3.8) is 0 Å². The first-order valence-corrected chi connectivity index (χ1v) is 13.6. The highest BCUT2D eigenvalue weighted by Gasteiger charge is 2.25. The highest BCUT2D eigenvalue weighted by Crippen LogP contribution is 2.28. The van der Waals surface area contributed by atoms with Crippen LogP contribution in [0.3, 0.4) is 0 Å². The molecule has 3 heteroatoms. The number of aromatic hydroxyl groups is 1. The standard InChI is InChI=1S/C29H50O3/c1-4-7-10-13-14-16-19-25(18-15-11-8-5-2)28(20-17-12-9-6-3)32-29(31)26-21-23-27(30)24-22-26/h21-25,28,30H,4-20H2,1-3H3. The van der Waals surface area contributed by atoms with Gasteiger partial charge in [0.05, 0.1) is 5.56 Å². The minimum Gasteiger partial charge on any atom is -0.508 e. The van der Waals surface area contributed by atoms with Crippen molar-refractivity contribution in [1.29, 1.82) is 0 Å². The second kappa shape index (κ2) is 19.0. The molecule has 1 aromatic carbocycles. The first-order chi connectivity index (χ1) is 15.6. The zero-order valence-corrected chi connectivity index (χ0v) is 21.2. The molecule has 0 amide bonds. The van der Waals surface area contributed by atoms with E-state index in [-0.39, 0.29) is 17.8 Å². The molecule has 0 aliphatic rings. The Morgan fingerprint density at radius 2 is 1.12 bits per heavy atom. The van der Waals surface area contributed by atoms with E-state index in [4.69, 9.17) is 4.74 Å². The minimum absolute atomic E-state index is 0.00503. The van der Waals surface area contributed by atoms with Crippen LogP contribution in [0.2, 0.25) is 0 Å². The number of phenolic OH excluding ortho intramolecular Hbond substituents is 1. The third kappa shape index (κ3) is 13.1. The van der Waals surface area contributed by atoms with Crippen molar-refractivity contribution < 1.29 is 14.6 Å². The monoisotopic (exact) mass is 446 g/mol. The molecule has 0 heterocycles. The maximum absolute atomic E-state index is 12.9. The Morgan fingerprint density at radius 3 is 1.66 bits per heavy atom. The summed E-state index contributed by atoms with van der Waals surface area (Å²) in [4.78, 5) is 12.9. The summed E-state index contributed by atoms with van der Waals surface area (Å²) in [6.45, 7) is 6.75. The fraction of sp³-hybridized carbons (Fsp3) is 0.759.